The number of ketones is 1. The van der Waals surface area contributed by atoms with Crippen LogP contribution in [0, 0.1) is 5.92 Å². The lowest BCUT2D eigenvalue weighted by molar-refractivity contribution is -0.177. The topological polar surface area (TPSA) is 43.4 Å². The molecule has 0 N–H and O–H groups in total. The van der Waals surface area contributed by atoms with Crippen LogP contribution in [-0.4, -0.2) is 24.8 Å². The van der Waals surface area contributed by atoms with Crippen LogP contribution < -0.4 is 0 Å². The fourth-order valence-corrected chi connectivity index (χ4v) is 1.16. The Bertz CT molecular complexity index is 234. The number of esters is 1. The minimum atomic E-state index is -3.96. The van der Waals surface area contributed by atoms with E-state index >= 15 is 0 Å². The lowest BCUT2D eigenvalue weighted by Crippen LogP contribution is -2.44. The first-order valence-corrected chi connectivity index (χ1v) is 4.00. The van der Waals surface area contributed by atoms with Gasteiger partial charge in [-0.15, -0.1) is 0 Å². The molecular formula is C8H10F2O3. The second kappa shape index (κ2) is 3.40. The van der Waals surface area contributed by atoms with Crippen molar-refractivity contribution in [3.05, 3.63) is 0 Å². The molecule has 0 aromatic carbocycles. The van der Waals surface area contributed by atoms with Gasteiger partial charge in [-0.05, 0) is 12.8 Å². The Morgan fingerprint density at radius 3 is 2.23 bits per heavy atom. The average molecular weight is 192 g/mol. The number of ether oxygens (including phenoxy) is 1. The highest BCUT2D eigenvalue weighted by molar-refractivity contribution is 6.06. The van der Waals surface area contributed by atoms with Crippen LogP contribution >= 0.6 is 0 Å². The maximum Gasteiger partial charge on any atom is 0.400 e. The number of hydrogen-bond acceptors (Lipinski definition) is 3. The van der Waals surface area contributed by atoms with Gasteiger partial charge >= 0.3 is 11.9 Å². The van der Waals surface area contributed by atoms with Gasteiger partial charge in [0.15, 0.2) is 0 Å². The molecule has 1 saturated carbocycles. The molecule has 1 fully saturated rings. The zero-order valence-electron chi connectivity index (χ0n) is 7.18. The third-order valence-electron chi connectivity index (χ3n) is 2.23. The molecule has 0 spiro atoms. The van der Waals surface area contributed by atoms with E-state index in [4.69, 9.17) is 0 Å². The summed E-state index contributed by atoms with van der Waals surface area (Å²) in [5, 5.41) is 0. The lowest BCUT2D eigenvalue weighted by atomic mass is 9.80. The van der Waals surface area contributed by atoms with Crippen LogP contribution in [0.1, 0.15) is 19.3 Å². The fourth-order valence-electron chi connectivity index (χ4n) is 1.16. The first kappa shape index (κ1) is 10.1. The molecule has 0 heterocycles. The summed E-state index contributed by atoms with van der Waals surface area (Å²) in [5.74, 6) is -7.68. The van der Waals surface area contributed by atoms with Gasteiger partial charge in [-0.2, -0.15) is 8.78 Å². The van der Waals surface area contributed by atoms with Crippen molar-refractivity contribution >= 4 is 11.8 Å². The van der Waals surface area contributed by atoms with E-state index in [1.807, 2.05) is 0 Å². The van der Waals surface area contributed by atoms with Crippen molar-refractivity contribution in [2.75, 3.05) is 7.11 Å². The Labute approximate surface area is 74.1 Å². The molecule has 0 saturated heterocycles. The lowest BCUT2D eigenvalue weighted by Gasteiger charge is -2.26. The van der Waals surface area contributed by atoms with Crippen LogP contribution in [0.15, 0.2) is 0 Å². The summed E-state index contributed by atoms with van der Waals surface area (Å²) in [6, 6.07) is 0. The maximum absolute atomic E-state index is 12.9. The number of methoxy groups -OCH3 is 1. The van der Waals surface area contributed by atoms with E-state index < -0.39 is 23.6 Å². The molecule has 0 radical (unpaired) electrons. The van der Waals surface area contributed by atoms with E-state index in [0.29, 0.717) is 12.8 Å². The van der Waals surface area contributed by atoms with Gasteiger partial charge in [0.2, 0.25) is 5.78 Å². The number of carbonyl (C=O) groups excluding carboxylic acids is 2. The molecule has 5 heteroatoms. The minimum absolute atomic E-state index is 0.450. The smallest absolute Gasteiger partial charge is 0.400 e. The second-order valence-corrected chi connectivity index (χ2v) is 3.06. The van der Waals surface area contributed by atoms with Crippen molar-refractivity contribution in [2.24, 2.45) is 5.92 Å². The average Bonchev–Trinajstić information content (AvgIpc) is 1.99. The molecule has 0 atom stereocenters. The van der Waals surface area contributed by atoms with E-state index in [1.165, 1.54) is 0 Å². The van der Waals surface area contributed by atoms with Crippen LogP contribution in [0.3, 0.4) is 0 Å². The fraction of sp³-hybridized carbons (Fsp3) is 0.750. The van der Waals surface area contributed by atoms with Gasteiger partial charge in [0.1, 0.15) is 0 Å². The van der Waals surface area contributed by atoms with E-state index in [-0.39, 0.29) is 0 Å². The second-order valence-electron chi connectivity index (χ2n) is 3.06. The summed E-state index contributed by atoms with van der Waals surface area (Å²) in [6.45, 7) is 0. The Morgan fingerprint density at radius 1 is 1.38 bits per heavy atom. The predicted octanol–water partition coefficient (Wildman–Crippen LogP) is 1.16. The molecule has 0 aromatic rings. The van der Waals surface area contributed by atoms with Crippen molar-refractivity contribution < 1.29 is 23.1 Å². The molecule has 3 nitrogen and oxygen atoms in total. The van der Waals surface area contributed by atoms with Crippen LogP contribution in [0.25, 0.3) is 0 Å². The molecular weight excluding hydrogens is 182 g/mol. The summed E-state index contributed by atoms with van der Waals surface area (Å²) >= 11 is 0. The van der Waals surface area contributed by atoms with Crippen molar-refractivity contribution in [2.45, 2.75) is 25.2 Å². The van der Waals surface area contributed by atoms with E-state index in [2.05, 4.69) is 4.74 Å². The van der Waals surface area contributed by atoms with Crippen LogP contribution in [-0.2, 0) is 14.3 Å². The first-order chi connectivity index (χ1) is 6.00. The van der Waals surface area contributed by atoms with Crippen molar-refractivity contribution in [3.63, 3.8) is 0 Å². The van der Waals surface area contributed by atoms with Crippen molar-refractivity contribution in [1.29, 1.82) is 0 Å². The number of halogens is 2. The van der Waals surface area contributed by atoms with Crippen LogP contribution in [0.4, 0.5) is 8.78 Å². The summed E-state index contributed by atoms with van der Waals surface area (Å²) in [7, 11) is 0.838. The van der Waals surface area contributed by atoms with Crippen molar-refractivity contribution in [3.8, 4) is 0 Å². The highest BCUT2D eigenvalue weighted by Crippen LogP contribution is 2.33. The zero-order valence-corrected chi connectivity index (χ0v) is 7.18. The van der Waals surface area contributed by atoms with E-state index in [1.54, 1.807) is 0 Å². The Morgan fingerprint density at radius 2 is 1.92 bits per heavy atom. The van der Waals surface area contributed by atoms with Crippen LogP contribution in [0.2, 0.25) is 0 Å². The zero-order chi connectivity index (χ0) is 10.1. The Balaban J connectivity index is 2.67. The number of alkyl halides is 2. The summed E-state index contributed by atoms with van der Waals surface area (Å²) in [4.78, 5) is 21.5. The summed E-state index contributed by atoms with van der Waals surface area (Å²) < 4.78 is 29.6. The molecule has 1 aliphatic rings. The largest absolute Gasteiger partial charge is 0.464 e. The van der Waals surface area contributed by atoms with E-state index in [9.17, 15) is 18.4 Å². The molecule has 0 amide bonds. The highest BCUT2D eigenvalue weighted by Gasteiger charge is 2.52. The molecule has 13 heavy (non-hydrogen) atoms. The van der Waals surface area contributed by atoms with Gasteiger partial charge in [-0.3, -0.25) is 4.79 Å². The quantitative estimate of drug-likeness (QED) is 0.498. The molecule has 0 aromatic heterocycles. The monoisotopic (exact) mass is 192 g/mol. The predicted molar refractivity (Wildman–Crippen MR) is 39.3 cm³/mol. The number of Topliss-reactive ketones (excluding diaryl/α,β-unsaturated/α-hetero) is 1. The van der Waals surface area contributed by atoms with Gasteiger partial charge in [-0.25, -0.2) is 4.79 Å². The number of carbonyl (C=O) groups is 2. The Kier molecular flexibility index (Phi) is 2.63. The van der Waals surface area contributed by atoms with Crippen LogP contribution in [0.5, 0.6) is 0 Å². The molecule has 1 aliphatic carbocycles. The molecule has 0 unspecified atom stereocenters. The van der Waals surface area contributed by atoms with Crippen molar-refractivity contribution in [1.82, 2.24) is 0 Å². The standard InChI is InChI=1S/C8H10F2O3/c1-13-7(12)8(9,10)6(11)5-3-2-4-5/h5H,2-4H2,1H3. The third kappa shape index (κ3) is 1.68. The highest BCUT2D eigenvalue weighted by atomic mass is 19.3. The maximum atomic E-state index is 12.9. The van der Waals surface area contributed by atoms with Gasteiger partial charge in [0.25, 0.3) is 0 Å². The van der Waals surface area contributed by atoms with Gasteiger partial charge in [-0.1, -0.05) is 6.42 Å². The first-order valence-electron chi connectivity index (χ1n) is 4.00. The number of rotatable bonds is 3. The minimum Gasteiger partial charge on any atom is -0.464 e. The SMILES string of the molecule is COC(=O)C(F)(F)C(=O)C1CCC1. The molecule has 0 bridgehead atoms. The summed E-state index contributed by atoms with van der Waals surface area (Å²) in [5.41, 5.74) is 0. The van der Waals surface area contributed by atoms with Gasteiger partial charge in [0.05, 0.1) is 7.11 Å². The number of hydrogen-bond donors (Lipinski definition) is 0. The molecule has 1 rings (SSSR count). The van der Waals surface area contributed by atoms with E-state index in [0.717, 1.165) is 13.5 Å². The van der Waals surface area contributed by atoms with Gasteiger partial charge in [0, 0.05) is 5.92 Å². The summed E-state index contributed by atoms with van der Waals surface area (Å²) in [6.07, 6.45) is 1.67. The molecule has 0 aliphatic heterocycles. The third-order valence-corrected chi connectivity index (χ3v) is 2.23. The van der Waals surface area contributed by atoms with Gasteiger partial charge < -0.3 is 4.74 Å². The molecule has 74 valence electrons. The normalized spacial score (nSPS) is 17.8. The Hall–Kier alpha value is -1.00.